The summed E-state index contributed by atoms with van der Waals surface area (Å²) in [6, 6.07) is 8.40. The van der Waals surface area contributed by atoms with Crippen molar-refractivity contribution in [3.8, 4) is 5.75 Å². The lowest BCUT2D eigenvalue weighted by atomic mass is 10.1. The van der Waals surface area contributed by atoms with Crippen molar-refractivity contribution in [2.24, 2.45) is 0 Å². The van der Waals surface area contributed by atoms with Gasteiger partial charge in [0.2, 0.25) is 0 Å². The zero-order valence-corrected chi connectivity index (χ0v) is 14.2. The minimum atomic E-state index is -2.84. The number of benzene rings is 1. The average molecular weight is 425 g/mol. The minimum Gasteiger partial charge on any atom is -0.452 e. The monoisotopic (exact) mass is 423 g/mol. The van der Waals surface area contributed by atoms with Gasteiger partial charge in [0.25, 0.3) is 0 Å². The molecule has 0 bridgehead atoms. The van der Waals surface area contributed by atoms with E-state index in [-0.39, 0.29) is 11.8 Å². The molecular weight excluding hydrogens is 412 g/mol. The SMILES string of the molecule is CC(NCc1cc(Br)c(Br)o1)c1ccccc1OC(F)F. The first kappa shape index (κ1) is 16.5. The standard InChI is InChI=1S/C14H13Br2F2NO2/c1-8(19-7-9-6-11(15)13(16)20-9)10-4-2-3-5-12(10)21-14(17)18/h2-6,8,14,19H,7H2,1H3. The molecule has 3 nitrogen and oxygen atoms in total. The number of para-hydroxylation sites is 1. The zero-order valence-electron chi connectivity index (χ0n) is 11.1. The number of ether oxygens (including phenoxy) is 1. The van der Waals surface area contributed by atoms with Crippen LogP contribution in [0.5, 0.6) is 5.75 Å². The lowest BCUT2D eigenvalue weighted by Crippen LogP contribution is -2.19. The van der Waals surface area contributed by atoms with E-state index in [9.17, 15) is 8.78 Å². The summed E-state index contributed by atoms with van der Waals surface area (Å²) < 4.78 is 36.2. The Hall–Kier alpha value is -0.920. The Bertz CT molecular complexity index is 585. The Labute approximate surface area is 137 Å². The van der Waals surface area contributed by atoms with Gasteiger partial charge in [0, 0.05) is 11.6 Å². The fourth-order valence-electron chi connectivity index (χ4n) is 1.88. The van der Waals surface area contributed by atoms with Crippen LogP contribution in [0.3, 0.4) is 0 Å². The smallest absolute Gasteiger partial charge is 0.387 e. The van der Waals surface area contributed by atoms with Gasteiger partial charge in [0.05, 0.1) is 11.0 Å². The second-order valence-electron chi connectivity index (χ2n) is 4.35. The predicted molar refractivity (Wildman–Crippen MR) is 82.4 cm³/mol. The van der Waals surface area contributed by atoms with Crippen molar-refractivity contribution < 1.29 is 17.9 Å². The molecule has 1 heterocycles. The highest BCUT2D eigenvalue weighted by Gasteiger charge is 2.15. The molecular formula is C14H13Br2F2NO2. The normalized spacial score (nSPS) is 12.7. The molecule has 0 aliphatic rings. The third-order valence-electron chi connectivity index (χ3n) is 2.88. The van der Waals surface area contributed by atoms with Gasteiger partial charge in [-0.1, -0.05) is 18.2 Å². The Morgan fingerprint density at radius 2 is 2.00 bits per heavy atom. The van der Waals surface area contributed by atoms with E-state index in [0.29, 0.717) is 16.8 Å². The van der Waals surface area contributed by atoms with Gasteiger partial charge in [-0.3, -0.25) is 0 Å². The molecule has 0 saturated carbocycles. The molecule has 1 unspecified atom stereocenters. The zero-order chi connectivity index (χ0) is 15.4. The van der Waals surface area contributed by atoms with Crippen LogP contribution >= 0.6 is 31.9 Å². The van der Waals surface area contributed by atoms with Crippen molar-refractivity contribution in [1.29, 1.82) is 0 Å². The molecule has 0 saturated heterocycles. The summed E-state index contributed by atoms with van der Waals surface area (Å²) in [6.45, 7) is -0.495. The lowest BCUT2D eigenvalue weighted by molar-refractivity contribution is -0.0506. The number of rotatable bonds is 6. The van der Waals surface area contributed by atoms with Crippen molar-refractivity contribution in [2.75, 3.05) is 0 Å². The van der Waals surface area contributed by atoms with Crippen LogP contribution in [0.1, 0.15) is 24.3 Å². The number of halogens is 4. The lowest BCUT2D eigenvalue weighted by Gasteiger charge is -2.17. The third kappa shape index (κ3) is 4.52. The van der Waals surface area contributed by atoms with Gasteiger partial charge in [0.15, 0.2) is 4.67 Å². The highest BCUT2D eigenvalue weighted by Crippen LogP contribution is 2.29. The molecule has 0 aliphatic carbocycles. The fourth-order valence-corrected chi connectivity index (χ4v) is 2.54. The largest absolute Gasteiger partial charge is 0.452 e. The van der Waals surface area contributed by atoms with E-state index in [0.717, 1.165) is 10.2 Å². The van der Waals surface area contributed by atoms with Crippen LogP contribution < -0.4 is 10.1 Å². The van der Waals surface area contributed by atoms with Gasteiger partial charge in [0.1, 0.15) is 11.5 Å². The first-order valence-corrected chi connectivity index (χ1v) is 7.76. The second kappa shape index (κ2) is 7.38. The van der Waals surface area contributed by atoms with E-state index in [1.165, 1.54) is 6.07 Å². The molecule has 1 aromatic carbocycles. The molecule has 0 amide bonds. The van der Waals surface area contributed by atoms with Crippen molar-refractivity contribution in [3.05, 3.63) is 50.8 Å². The summed E-state index contributed by atoms with van der Waals surface area (Å²) in [5, 5.41) is 3.21. The summed E-state index contributed by atoms with van der Waals surface area (Å²) in [4.78, 5) is 0. The number of hydrogen-bond acceptors (Lipinski definition) is 3. The minimum absolute atomic E-state index is 0.164. The molecule has 0 fully saturated rings. The highest BCUT2D eigenvalue weighted by atomic mass is 79.9. The summed E-state index contributed by atoms with van der Waals surface area (Å²) in [5.41, 5.74) is 0.669. The number of furan rings is 1. The van der Waals surface area contributed by atoms with Crippen LogP contribution in [-0.2, 0) is 6.54 Å². The molecule has 2 rings (SSSR count). The van der Waals surface area contributed by atoms with Crippen molar-refractivity contribution >= 4 is 31.9 Å². The second-order valence-corrected chi connectivity index (χ2v) is 5.93. The molecule has 1 atom stereocenters. The van der Waals surface area contributed by atoms with Crippen molar-refractivity contribution in [1.82, 2.24) is 5.32 Å². The molecule has 7 heteroatoms. The van der Waals surface area contributed by atoms with Crippen LogP contribution in [0.4, 0.5) is 8.78 Å². The molecule has 1 aromatic heterocycles. The van der Waals surface area contributed by atoms with E-state index >= 15 is 0 Å². The van der Waals surface area contributed by atoms with Gasteiger partial charge in [-0.2, -0.15) is 8.78 Å². The van der Waals surface area contributed by atoms with Crippen molar-refractivity contribution in [3.63, 3.8) is 0 Å². The highest BCUT2D eigenvalue weighted by molar-refractivity contribution is 9.13. The Balaban J connectivity index is 2.04. The third-order valence-corrected chi connectivity index (χ3v) is 4.59. The van der Waals surface area contributed by atoms with E-state index in [2.05, 4.69) is 41.9 Å². The number of alkyl halides is 2. The Kier molecular flexibility index (Phi) is 5.78. The predicted octanol–water partition coefficient (Wildman–Crippen LogP) is 5.26. The van der Waals surface area contributed by atoms with E-state index in [1.54, 1.807) is 18.2 Å². The molecule has 0 aliphatic heterocycles. The number of nitrogens with one attached hydrogen (secondary N) is 1. The van der Waals surface area contributed by atoms with Crippen LogP contribution in [-0.4, -0.2) is 6.61 Å². The summed E-state index contributed by atoms with van der Waals surface area (Å²) in [5.74, 6) is 0.905. The summed E-state index contributed by atoms with van der Waals surface area (Å²) in [6.07, 6.45) is 0. The summed E-state index contributed by atoms with van der Waals surface area (Å²) >= 11 is 6.60. The topological polar surface area (TPSA) is 34.4 Å². The quantitative estimate of drug-likeness (QED) is 0.686. The van der Waals surface area contributed by atoms with Gasteiger partial charge < -0.3 is 14.5 Å². The molecule has 1 N–H and O–H groups in total. The maximum atomic E-state index is 12.4. The summed E-state index contributed by atoms with van der Waals surface area (Å²) in [7, 11) is 0. The van der Waals surface area contributed by atoms with Gasteiger partial charge >= 0.3 is 6.61 Å². The fraction of sp³-hybridized carbons (Fsp3) is 0.286. The molecule has 2 aromatic rings. The Morgan fingerprint density at radius 1 is 1.29 bits per heavy atom. The van der Waals surface area contributed by atoms with Crippen LogP contribution in [0.25, 0.3) is 0 Å². The first-order valence-electron chi connectivity index (χ1n) is 6.18. The van der Waals surface area contributed by atoms with Crippen molar-refractivity contribution in [2.45, 2.75) is 26.1 Å². The molecule has 114 valence electrons. The van der Waals surface area contributed by atoms with Crippen LogP contribution in [0.2, 0.25) is 0 Å². The first-order chi connectivity index (χ1) is 9.97. The van der Waals surface area contributed by atoms with Gasteiger partial charge in [-0.25, -0.2) is 0 Å². The van der Waals surface area contributed by atoms with E-state index in [1.807, 2.05) is 13.0 Å². The maximum absolute atomic E-state index is 12.4. The van der Waals surface area contributed by atoms with Gasteiger partial charge in [-0.05, 0) is 50.9 Å². The Morgan fingerprint density at radius 3 is 2.62 bits per heavy atom. The van der Waals surface area contributed by atoms with Crippen LogP contribution in [0, 0.1) is 0 Å². The van der Waals surface area contributed by atoms with Crippen LogP contribution in [0.15, 0.2) is 43.9 Å². The maximum Gasteiger partial charge on any atom is 0.387 e. The van der Waals surface area contributed by atoms with Gasteiger partial charge in [-0.15, -0.1) is 0 Å². The van der Waals surface area contributed by atoms with E-state index in [4.69, 9.17) is 4.42 Å². The average Bonchev–Trinajstić information content (AvgIpc) is 2.75. The molecule has 0 radical (unpaired) electrons. The molecule has 21 heavy (non-hydrogen) atoms. The molecule has 0 spiro atoms. The van der Waals surface area contributed by atoms with E-state index < -0.39 is 6.61 Å². The number of hydrogen-bond donors (Lipinski definition) is 1.